The Balaban J connectivity index is 2.29. The third-order valence-electron chi connectivity index (χ3n) is 5.46. The van der Waals surface area contributed by atoms with E-state index in [1.807, 2.05) is 30.3 Å². The first-order valence-electron chi connectivity index (χ1n) is 10.3. The Kier molecular flexibility index (Phi) is 6.74. The molecule has 0 saturated carbocycles. The normalized spacial score (nSPS) is 14.1. The first-order valence-corrected chi connectivity index (χ1v) is 12.3. The van der Waals surface area contributed by atoms with Crippen LogP contribution in [-0.4, -0.2) is 35.4 Å². The minimum Gasteiger partial charge on any atom is -0.369 e. The van der Waals surface area contributed by atoms with E-state index in [0.29, 0.717) is 0 Å². The Morgan fingerprint density at radius 3 is 2.30 bits per heavy atom. The number of benzene rings is 2. The van der Waals surface area contributed by atoms with E-state index in [0.717, 1.165) is 30.0 Å². The zero-order valence-electron chi connectivity index (χ0n) is 18.9. The second kappa shape index (κ2) is 9.05. The average Bonchev–Trinajstić information content (AvgIpc) is 3.09. The van der Waals surface area contributed by atoms with Gasteiger partial charge in [-0.05, 0) is 29.2 Å². The van der Waals surface area contributed by atoms with Crippen molar-refractivity contribution >= 4 is 15.7 Å². The van der Waals surface area contributed by atoms with Gasteiger partial charge in [0.25, 0.3) is 0 Å². The molecule has 1 aromatic heterocycles. The third-order valence-corrected chi connectivity index (χ3v) is 6.89. The lowest BCUT2D eigenvalue weighted by atomic mass is 9.77. The number of nitrogens with zero attached hydrogens (tertiary/aromatic N) is 2. The molecule has 9 heteroatoms. The number of nitrogens with two attached hydrogens (primary N) is 1. The average molecular weight is 476 g/mol. The maximum Gasteiger partial charge on any atom is 0.236 e. The molecule has 3 rings (SSSR count). The van der Waals surface area contributed by atoms with Gasteiger partial charge in [-0.3, -0.25) is 4.79 Å². The fraction of sp³-hybridized carbons (Fsp3) is 0.333. The van der Waals surface area contributed by atoms with Crippen molar-refractivity contribution in [2.45, 2.75) is 38.5 Å². The maximum absolute atomic E-state index is 14.5. The fourth-order valence-electron chi connectivity index (χ4n) is 4.01. The first kappa shape index (κ1) is 24.6. The van der Waals surface area contributed by atoms with Crippen LogP contribution in [0.25, 0.3) is 11.3 Å². The van der Waals surface area contributed by atoms with Crippen molar-refractivity contribution in [1.82, 2.24) is 9.55 Å². The van der Waals surface area contributed by atoms with Crippen molar-refractivity contribution in [2.75, 3.05) is 6.26 Å². The highest BCUT2D eigenvalue weighted by atomic mass is 32.2. The van der Waals surface area contributed by atoms with E-state index in [1.54, 1.807) is 31.5 Å². The lowest BCUT2D eigenvalue weighted by Crippen LogP contribution is -2.45. The summed E-state index contributed by atoms with van der Waals surface area (Å²) < 4.78 is 55.4. The zero-order valence-corrected chi connectivity index (χ0v) is 19.7. The molecule has 0 radical (unpaired) electrons. The van der Waals surface area contributed by atoms with Gasteiger partial charge in [-0.1, -0.05) is 51.1 Å². The molecule has 6 nitrogen and oxygen atoms in total. The van der Waals surface area contributed by atoms with E-state index in [1.165, 1.54) is 0 Å². The van der Waals surface area contributed by atoms with Crippen LogP contribution in [0.4, 0.5) is 8.78 Å². The number of rotatable bonds is 7. The van der Waals surface area contributed by atoms with E-state index in [-0.39, 0.29) is 23.6 Å². The molecule has 33 heavy (non-hydrogen) atoms. The number of imidazole rings is 1. The summed E-state index contributed by atoms with van der Waals surface area (Å²) in [4.78, 5) is 16.9. The second-order valence-corrected chi connectivity index (χ2v) is 11.4. The Bertz CT molecular complexity index is 1270. The summed E-state index contributed by atoms with van der Waals surface area (Å²) in [7, 11) is -3.92. The molecule has 0 bridgehead atoms. The van der Waals surface area contributed by atoms with Gasteiger partial charge >= 0.3 is 0 Å². The van der Waals surface area contributed by atoms with E-state index < -0.39 is 44.0 Å². The summed E-state index contributed by atoms with van der Waals surface area (Å²) in [5.41, 5.74) is 5.74. The summed E-state index contributed by atoms with van der Waals surface area (Å²) >= 11 is 0. The zero-order chi connectivity index (χ0) is 24.6. The van der Waals surface area contributed by atoms with Gasteiger partial charge in [0.15, 0.2) is 9.84 Å². The summed E-state index contributed by atoms with van der Waals surface area (Å²) in [6.45, 7) is 5.62. The minimum atomic E-state index is -3.92. The van der Waals surface area contributed by atoms with Gasteiger partial charge in [0.05, 0.1) is 5.69 Å². The topological polar surface area (TPSA) is 95.1 Å². The number of aromatic nitrogens is 2. The first-order chi connectivity index (χ1) is 15.3. The molecule has 0 fully saturated rings. The molecule has 2 atom stereocenters. The molecule has 1 amide bonds. The van der Waals surface area contributed by atoms with Crippen molar-refractivity contribution in [3.8, 4) is 11.3 Å². The molecule has 2 aromatic carbocycles. The molecular weight excluding hydrogens is 448 g/mol. The van der Waals surface area contributed by atoms with Gasteiger partial charge in [0.1, 0.15) is 22.7 Å². The van der Waals surface area contributed by atoms with Gasteiger partial charge in [-0.25, -0.2) is 22.2 Å². The van der Waals surface area contributed by atoms with Crippen molar-refractivity contribution < 1.29 is 22.0 Å². The van der Waals surface area contributed by atoms with Crippen LogP contribution in [0.2, 0.25) is 0 Å². The number of hydrogen-bond donors (Lipinski definition) is 1. The number of amides is 1. The monoisotopic (exact) mass is 475 g/mol. The second-order valence-electron chi connectivity index (χ2n) is 9.22. The summed E-state index contributed by atoms with van der Waals surface area (Å²) in [6.07, 6.45) is 2.50. The molecule has 0 aliphatic heterocycles. The van der Waals surface area contributed by atoms with Crippen LogP contribution >= 0.6 is 0 Å². The lowest BCUT2D eigenvalue weighted by molar-refractivity contribution is -0.118. The van der Waals surface area contributed by atoms with E-state index >= 15 is 0 Å². The maximum atomic E-state index is 14.5. The quantitative estimate of drug-likeness (QED) is 0.561. The lowest BCUT2D eigenvalue weighted by Gasteiger charge is -2.34. The van der Waals surface area contributed by atoms with Crippen LogP contribution in [0.15, 0.2) is 54.7 Å². The van der Waals surface area contributed by atoms with Gasteiger partial charge in [0.2, 0.25) is 5.91 Å². The summed E-state index contributed by atoms with van der Waals surface area (Å²) in [6, 6.07) is 12.3. The smallest absolute Gasteiger partial charge is 0.236 e. The summed E-state index contributed by atoms with van der Waals surface area (Å²) in [5, 5.41) is -1.56. The number of carbonyl (C=O) groups excluding carboxylic acids is 1. The van der Waals surface area contributed by atoms with Crippen molar-refractivity contribution in [2.24, 2.45) is 11.1 Å². The Labute approximate surface area is 192 Å². The molecule has 1 heterocycles. The molecule has 176 valence electrons. The SMILES string of the molecule is CC(C)(C)[C@H](c1nc(-c2cc(F)ccc2F)cn1Cc1ccccc1)C(C(N)=O)S(C)(=O)=O. The molecule has 0 spiro atoms. The molecule has 3 aromatic rings. The van der Waals surface area contributed by atoms with Crippen LogP contribution in [0.3, 0.4) is 0 Å². The largest absolute Gasteiger partial charge is 0.369 e. The molecule has 1 unspecified atom stereocenters. The van der Waals surface area contributed by atoms with Crippen LogP contribution in [0.5, 0.6) is 0 Å². The predicted molar refractivity (Wildman–Crippen MR) is 123 cm³/mol. The van der Waals surface area contributed by atoms with Crippen LogP contribution in [-0.2, 0) is 21.2 Å². The van der Waals surface area contributed by atoms with Crippen molar-refractivity contribution in [3.05, 3.63) is 77.8 Å². The molecule has 0 aliphatic carbocycles. The summed E-state index contributed by atoms with van der Waals surface area (Å²) in [5.74, 6) is -3.00. The Morgan fingerprint density at radius 2 is 1.76 bits per heavy atom. The van der Waals surface area contributed by atoms with Gasteiger partial charge < -0.3 is 10.3 Å². The van der Waals surface area contributed by atoms with Crippen LogP contribution in [0, 0.1) is 17.0 Å². The Hall–Kier alpha value is -3.07. The van der Waals surface area contributed by atoms with Crippen LogP contribution < -0.4 is 5.73 Å². The van der Waals surface area contributed by atoms with E-state index in [9.17, 15) is 22.0 Å². The van der Waals surface area contributed by atoms with Gasteiger partial charge in [0, 0.05) is 30.5 Å². The highest BCUT2D eigenvalue weighted by Crippen LogP contribution is 2.41. The predicted octanol–water partition coefficient (Wildman–Crippen LogP) is 3.90. The Morgan fingerprint density at radius 1 is 1.12 bits per heavy atom. The van der Waals surface area contributed by atoms with E-state index in [2.05, 4.69) is 4.98 Å². The fourth-order valence-corrected chi connectivity index (χ4v) is 5.45. The third kappa shape index (κ3) is 5.47. The highest BCUT2D eigenvalue weighted by molar-refractivity contribution is 7.92. The van der Waals surface area contributed by atoms with Crippen LogP contribution in [0.1, 0.15) is 38.1 Å². The number of primary amides is 1. The number of hydrogen-bond acceptors (Lipinski definition) is 4. The molecule has 2 N–H and O–H groups in total. The number of halogens is 2. The van der Waals surface area contributed by atoms with Gasteiger partial charge in [-0.2, -0.15) is 0 Å². The molecule has 0 aliphatic rings. The number of carbonyl (C=O) groups is 1. The van der Waals surface area contributed by atoms with Crippen molar-refractivity contribution in [3.63, 3.8) is 0 Å². The van der Waals surface area contributed by atoms with Gasteiger partial charge in [-0.15, -0.1) is 0 Å². The molecule has 0 saturated heterocycles. The van der Waals surface area contributed by atoms with Crippen molar-refractivity contribution in [1.29, 1.82) is 0 Å². The highest BCUT2D eigenvalue weighted by Gasteiger charge is 2.45. The minimum absolute atomic E-state index is 0.0642. The van der Waals surface area contributed by atoms with E-state index in [4.69, 9.17) is 5.73 Å². The standard InChI is InChI=1S/C24H27F2N3O3S/c1-24(2,3)20(21(22(27)30)33(4,31)32)23-28-19(17-12-16(25)10-11-18(17)26)14-29(23)13-15-8-6-5-7-9-15/h5-12,14,20-21H,13H2,1-4H3,(H2,27,30)/t20-,21?/m0/s1. The number of sulfone groups is 1. The molecular formula is C24H27F2N3O3S.